The van der Waals surface area contributed by atoms with Gasteiger partial charge >= 0.3 is 0 Å². The third-order valence-corrected chi connectivity index (χ3v) is 4.98. The molecule has 7 heteroatoms. The van der Waals surface area contributed by atoms with E-state index in [0.29, 0.717) is 33.2 Å². The molecule has 2 heterocycles. The van der Waals surface area contributed by atoms with E-state index in [-0.39, 0.29) is 17.0 Å². The molecular formula is C23H18ClN3O3. The number of fused-ring (bicyclic) bond motifs is 1. The van der Waals surface area contributed by atoms with Crippen LogP contribution in [0.25, 0.3) is 11.0 Å². The van der Waals surface area contributed by atoms with Crippen LogP contribution in [0.4, 0.5) is 11.5 Å². The molecule has 0 atom stereocenters. The second kappa shape index (κ2) is 8.39. The lowest BCUT2D eigenvalue weighted by atomic mass is 10.1. The second-order valence-corrected chi connectivity index (χ2v) is 6.92. The van der Waals surface area contributed by atoms with Crippen molar-refractivity contribution in [1.82, 2.24) is 4.98 Å². The number of pyridine rings is 1. The first-order chi connectivity index (χ1) is 14.6. The number of aromatic nitrogens is 1. The Morgan fingerprint density at radius 1 is 1.13 bits per heavy atom. The van der Waals surface area contributed by atoms with E-state index in [2.05, 4.69) is 15.3 Å². The highest BCUT2D eigenvalue weighted by Crippen LogP contribution is 2.27. The minimum absolute atomic E-state index is 0.144. The first kappa shape index (κ1) is 19.7. The quantitative estimate of drug-likeness (QED) is 0.488. The Morgan fingerprint density at radius 2 is 1.97 bits per heavy atom. The molecule has 0 aliphatic carbocycles. The zero-order valence-electron chi connectivity index (χ0n) is 16.3. The number of amides is 1. The molecule has 4 rings (SSSR count). The maximum atomic E-state index is 13.0. The van der Waals surface area contributed by atoms with Crippen LogP contribution >= 0.6 is 11.6 Å². The number of anilines is 1. The molecular weight excluding hydrogens is 402 g/mol. The molecule has 0 spiro atoms. The predicted octanol–water partition coefficient (Wildman–Crippen LogP) is 5.28. The molecule has 1 amide bonds. The van der Waals surface area contributed by atoms with Crippen LogP contribution < -0.4 is 15.6 Å². The molecule has 1 N–H and O–H groups in total. The molecule has 0 aliphatic rings. The summed E-state index contributed by atoms with van der Waals surface area (Å²) >= 11 is 6.23. The number of methoxy groups -OCH3 is 1. The summed E-state index contributed by atoms with van der Waals surface area (Å²) in [5.74, 6) is 0.585. The third-order valence-electron chi connectivity index (χ3n) is 4.57. The van der Waals surface area contributed by atoms with Gasteiger partial charge in [-0.1, -0.05) is 35.9 Å². The van der Waals surface area contributed by atoms with Gasteiger partial charge in [-0.25, -0.2) is 9.98 Å². The van der Waals surface area contributed by atoms with E-state index in [0.717, 1.165) is 5.56 Å². The maximum absolute atomic E-state index is 13.0. The van der Waals surface area contributed by atoms with Gasteiger partial charge in [-0.2, -0.15) is 0 Å². The van der Waals surface area contributed by atoms with Gasteiger partial charge in [0.2, 0.25) is 5.55 Å². The van der Waals surface area contributed by atoms with Crippen LogP contribution in [0, 0.1) is 6.92 Å². The van der Waals surface area contributed by atoms with Crippen molar-refractivity contribution in [3.63, 3.8) is 0 Å². The highest BCUT2D eigenvalue weighted by molar-refractivity contribution is 6.31. The Morgan fingerprint density at radius 3 is 2.73 bits per heavy atom. The molecule has 4 aromatic rings. The number of carbonyl (C=O) groups is 1. The molecule has 2 aromatic heterocycles. The van der Waals surface area contributed by atoms with Gasteiger partial charge in [-0.15, -0.1) is 0 Å². The van der Waals surface area contributed by atoms with E-state index < -0.39 is 0 Å². The number of halogens is 1. The SMILES string of the molecule is COc1cccc2cc(C(=O)Nc3ccccn3)c(=Nc3cccc(Cl)c3C)oc12. The van der Waals surface area contributed by atoms with Gasteiger partial charge < -0.3 is 14.5 Å². The highest BCUT2D eigenvalue weighted by atomic mass is 35.5. The number of nitrogens with zero attached hydrogens (tertiary/aromatic N) is 2. The number of hydrogen-bond donors (Lipinski definition) is 1. The highest BCUT2D eigenvalue weighted by Gasteiger charge is 2.16. The normalized spacial score (nSPS) is 11.5. The first-order valence-electron chi connectivity index (χ1n) is 9.20. The molecule has 0 aliphatic heterocycles. The van der Waals surface area contributed by atoms with E-state index in [1.165, 1.54) is 0 Å². The topological polar surface area (TPSA) is 76.7 Å². The van der Waals surface area contributed by atoms with E-state index in [1.807, 2.05) is 25.1 Å². The van der Waals surface area contributed by atoms with Crippen molar-refractivity contribution in [2.75, 3.05) is 12.4 Å². The van der Waals surface area contributed by atoms with Crippen LogP contribution in [0.15, 0.2) is 76.3 Å². The summed E-state index contributed by atoms with van der Waals surface area (Å²) in [6.07, 6.45) is 1.60. The Balaban J connectivity index is 1.93. The van der Waals surface area contributed by atoms with Gasteiger partial charge in [0.25, 0.3) is 5.91 Å². The van der Waals surface area contributed by atoms with Crippen LogP contribution in [-0.2, 0) is 0 Å². The fraction of sp³-hybridized carbons (Fsp3) is 0.0870. The summed E-state index contributed by atoms with van der Waals surface area (Å²) in [5.41, 5.74) is 2.29. The van der Waals surface area contributed by atoms with Crippen molar-refractivity contribution in [2.24, 2.45) is 4.99 Å². The minimum atomic E-state index is -0.388. The molecule has 0 fully saturated rings. The molecule has 30 heavy (non-hydrogen) atoms. The van der Waals surface area contributed by atoms with Crippen LogP contribution in [0.3, 0.4) is 0 Å². The summed E-state index contributed by atoms with van der Waals surface area (Å²) in [7, 11) is 1.56. The lowest BCUT2D eigenvalue weighted by Crippen LogP contribution is -2.22. The predicted molar refractivity (Wildman–Crippen MR) is 116 cm³/mol. The molecule has 6 nitrogen and oxygen atoms in total. The average molecular weight is 420 g/mol. The number of benzene rings is 2. The molecule has 0 saturated carbocycles. The molecule has 0 saturated heterocycles. The Bertz CT molecular complexity index is 1300. The van der Waals surface area contributed by atoms with E-state index in [9.17, 15) is 4.79 Å². The van der Waals surface area contributed by atoms with E-state index >= 15 is 0 Å². The third kappa shape index (κ3) is 3.90. The Hall–Kier alpha value is -3.64. The number of para-hydroxylation sites is 1. The smallest absolute Gasteiger partial charge is 0.262 e. The van der Waals surface area contributed by atoms with Gasteiger partial charge in [-0.3, -0.25) is 4.79 Å². The van der Waals surface area contributed by atoms with E-state index in [1.54, 1.807) is 55.8 Å². The van der Waals surface area contributed by atoms with Gasteiger partial charge in [0.15, 0.2) is 11.3 Å². The van der Waals surface area contributed by atoms with Gasteiger partial charge in [0.05, 0.1) is 12.8 Å². The number of carbonyl (C=O) groups excluding carboxylic acids is 1. The zero-order valence-corrected chi connectivity index (χ0v) is 17.1. The Labute approximate surface area is 177 Å². The Kier molecular flexibility index (Phi) is 5.50. The lowest BCUT2D eigenvalue weighted by Gasteiger charge is -2.09. The molecule has 0 bridgehead atoms. The summed E-state index contributed by atoms with van der Waals surface area (Å²) in [6.45, 7) is 1.86. The van der Waals surface area contributed by atoms with Gasteiger partial charge in [0, 0.05) is 16.6 Å². The molecule has 0 unspecified atom stereocenters. The van der Waals surface area contributed by atoms with Gasteiger partial charge in [0.1, 0.15) is 11.4 Å². The number of rotatable bonds is 4. The van der Waals surface area contributed by atoms with Crippen LogP contribution in [0.2, 0.25) is 5.02 Å². The first-order valence-corrected chi connectivity index (χ1v) is 9.57. The van der Waals surface area contributed by atoms with Crippen molar-refractivity contribution in [3.8, 4) is 5.75 Å². The van der Waals surface area contributed by atoms with Crippen LogP contribution in [0.1, 0.15) is 15.9 Å². The summed E-state index contributed by atoms with van der Waals surface area (Å²) in [6, 6.07) is 17.8. The van der Waals surface area contributed by atoms with Crippen LogP contribution in [-0.4, -0.2) is 18.0 Å². The molecule has 0 radical (unpaired) electrons. The van der Waals surface area contributed by atoms with E-state index in [4.69, 9.17) is 20.8 Å². The largest absolute Gasteiger partial charge is 0.493 e. The number of ether oxygens (including phenoxy) is 1. The number of hydrogen-bond acceptors (Lipinski definition) is 5. The average Bonchev–Trinajstić information content (AvgIpc) is 2.76. The van der Waals surface area contributed by atoms with Crippen molar-refractivity contribution < 1.29 is 13.9 Å². The molecule has 150 valence electrons. The van der Waals surface area contributed by atoms with Crippen molar-refractivity contribution in [3.05, 3.63) is 88.6 Å². The standard InChI is InChI=1S/C23H18ClN3O3/c1-14-17(24)8-6-9-18(14)26-23-16(22(28)27-20-11-3-4-12-25-20)13-15-7-5-10-19(29-2)21(15)30-23/h3-13H,1-2H3,(H,25,27,28). The molecule has 2 aromatic carbocycles. The summed E-state index contributed by atoms with van der Waals surface area (Å²) in [5, 5.41) is 4.06. The fourth-order valence-corrected chi connectivity index (χ4v) is 3.15. The van der Waals surface area contributed by atoms with Gasteiger partial charge in [-0.05, 0) is 48.9 Å². The monoisotopic (exact) mass is 419 g/mol. The lowest BCUT2D eigenvalue weighted by molar-refractivity contribution is 0.102. The summed E-state index contributed by atoms with van der Waals surface area (Å²) < 4.78 is 11.5. The van der Waals surface area contributed by atoms with Crippen LogP contribution in [0.5, 0.6) is 5.75 Å². The summed E-state index contributed by atoms with van der Waals surface area (Å²) in [4.78, 5) is 21.8. The second-order valence-electron chi connectivity index (χ2n) is 6.51. The maximum Gasteiger partial charge on any atom is 0.262 e. The zero-order chi connectivity index (χ0) is 21.1. The minimum Gasteiger partial charge on any atom is -0.493 e. The van der Waals surface area contributed by atoms with Crippen molar-refractivity contribution >= 4 is 40.0 Å². The van der Waals surface area contributed by atoms with Crippen molar-refractivity contribution in [2.45, 2.75) is 6.92 Å². The number of nitrogens with one attached hydrogen (secondary N) is 1. The fourth-order valence-electron chi connectivity index (χ4n) is 2.98. The van der Waals surface area contributed by atoms with Crippen molar-refractivity contribution in [1.29, 1.82) is 0 Å².